The largest absolute Gasteiger partial charge is 0.416 e. The highest BCUT2D eigenvalue weighted by Crippen LogP contribution is 2.30. The normalized spacial score (nSPS) is 11.9. The van der Waals surface area contributed by atoms with Crippen LogP contribution in [0.25, 0.3) is 0 Å². The number of carbonyl (C=O) groups is 1. The molecule has 32 heavy (non-hydrogen) atoms. The molecule has 0 N–H and O–H groups in total. The minimum Gasteiger partial charge on any atom is -0.366 e. The van der Waals surface area contributed by atoms with Gasteiger partial charge in [0.1, 0.15) is 0 Å². The number of hydroxylamine groups is 2. The molecule has 1 amide bonds. The molecule has 174 valence electrons. The van der Waals surface area contributed by atoms with Crippen LogP contribution in [0.15, 0.2) is 41.4 Å². The van der Waals surface area contributed by atoms with E-state index < -0.39 is 17.6 Å². The summed E-state index contributed by atoms with van der Waals surface area (Å²) in [5.41, 5.74) is 2.23. The number of hydrogen-bond acceptors (Lipinski definition) is 3. The van der Waals surface area contributed by atoms with Crippen LogP contribution in [-0.4, -0.2) is 41.9 Å². The molecular weight excluding hydrogens is 419 g/mol. The van der Waals surface area contributed by atoms with E-state index in [1.807, 2.05) is 31.9 Å². The summed E-state index contributed by atoms with van der Waals surface area (Å²) in [6.07, 6.45) is -3.07. The van der Waals surface area contributed by atoms with E-state index in [2.05, 4.69) is 4.99 Å². The number of amides is 1. The second-order valence-electron chi connectivity index (χ2n) is 7.97. The maximum absolute atomic E-state index is 13.3. The Morgan fingerprint density at radius 2 is 1.84 bits per heavy atom. The standard InChI is InChI=1S/C24H30F3N3O2/c1-7-29(6)15-28-22-12-17(4)21(11-18(22)5)23(31)30(32-16(2)3)14-19-9-8-10-20(13-19)24(25,26)27/h8-13,15-16H,7,14H2,1-6H3. The van der Waals surface area contributed by atoms with Gasteiger partial charge in [0.2, 0.25) is 0 Å². The van der Waals surface area contributed by atoms with Gasteiger partial charge in [-0.25, -0.2) is 10.1 Å². The highest BCUT2D eigenvalue weighted by atomic mass is 19.4. The maximum atomic E-state index is 13.3. The highest BCUT2D eigenvalue weighted by molar-refractivity contribution is 5.95. The molecule has 0 fully saturated rings. The molecule has 0 radical (unpaired) electrons. The molecule has 0 atom stereocenters. The fraction of sp³-hybridized carbons (Fsp3) is 0.417. The lowest BCUT2D eigenvalue weighted by Crippen LogP contribution is -2.33. The third-order valence-electron chi connectivity index (χ3n) is 4.81. The Morgan fingerprint density at radius 3 is 2.44 bits per heavy atom. The summed E-state index contributed by atoms with van der Waals surface area (Å²) >= 11 is 0. The number of nitrogens with zero attached hydrogens (tertiary/aromatic N) is 3. The molecule has 5 nitrogen and oxygen atoms in total. The van der Waals surface area contributed by atoms with Gasteiger partial charge in [0, 0.05) is 19.2 Å². The van der Waals surface area contributed by atoms with Crippen molar-refractivity contribution in [3.8, 4) is 0 Å². The van der Waals surface area contributed by atoms with Crippen molar-refractivity contribution in [3.05, 3.63) is 64.2 Å². The molecule has 0 saturated carbocycles. The van der Waals surface area contributed by atoms with E-state index >= 15 is 0 Å². The van der Waals surface area contributed by atoms with Crippen molar-refractivity contribution < 1.29 is 22.8 Å². The summed E-state index contributed by atoms with van der Waals surface area (Å²) < 4.78 is 39.2. The SMILES string of the molecule is CCN(C)C=Nc1cc(C)c(C(=O)N(Cc2cccc(C(F)(F)F)c2)OC(C)C)cc1C. The number of halogens is 3. The number of hydrogen-bond donors (Lipinski definition) is 0. The van der Waals surface area contributed by atoms with E-state index in [0.29, 0.717) is 16.7 Å². The lowest BCUT2D eigenvalue weighted by molar-refractivity contribution is -0.158. The van der Waals surface area contributed by atoms with Gasteiger partial charge in [-0.2, -0.15) is 13.2 Å². The fourth-order valence-electron chi connectivity index (χ4n) is 2.97. The van der Waals surface area contributed by atoms with Crippen molar-refractivity contribution in [2.75, 3.05) is 13.6 Å². The number of carbonyl (C=O) groups excluding carboxylic acids is 1. The zero-order chi connectivity index (χ0) is 24.1. The molecule has 2 aromatic carbocycles. The zero-order valence-electron chi connectivity index (χ0n) is 19.3. The molecule has 0 spiro atoms. The number of alkyl halides is 3. The van der Waals surface area contributed by atoms with Crippen LogP contribution in [0.5, 0.6) is 0 Å². The Labute approximate surface area is 187 Å². The molecule has 2 aromatic rings. The molecule has 0 saturated heterocycles. The highest BCUT2D eigenvalue weighted by Gasteiger charge is 2.31. The van der Waals surface area contributed by atoms with Gasteiger partial charge >= 0.3 is 6.18 Å². The second-order valence-corrected chi connectivity index (χ2v) is 7.97. The van der Waals surface area contributed by atoms with Crippen molar-refractivity contribution in [2.45, 2.75) is 53.4 Å². The van der Waals surface area contributed by atoms with Gasteiger partial charge in [-0.15, -0.1) is 0 Å². The van der Waals surface area contributed by atoms with Crippen LogP contribution in [0, 0.1) is 13.8 Å². The zero-order valence-corrected chi connectivity index (χ0v) is 19.3. The van der Waals surface area contributed by atoms with Crippen LogP contribution in [0.1, 0.15) is 53.4 Å². The van der Waals surface area contributed by atoms with Crippen LogP contribution in [0.4, 0.5) is 18.9 Å². The Bertz CT molecular complexity index is 971. The summed E-state index contributed by atoms with van der Waals surface area (Å²) in [6, 6.07) is 8.45. The van der Waals surface area contributed by atoms with Crippen LogP contribution in [0.3, 0.4) is 0 Å². The summed E-state index contributed by atoms with van der Waals surface area (Å²) in [4.78, 5) is 25.4. The van der Waals surface area contributed by atoms with Crippen LogP contribution >= 0.6 is 0 Å². The molecule has 2 rings (SSSR count). The van der Waals surface area contributed by atoms with Gasteiger partial charge in [-0.3, -0.25) is 9.63 Å². The molecule has 0 heterocycles. The summed E-state index contributed by atoms with van der Waals surface area (Å²) in [7, 11) is 1.92. The predicted molar refractivity (Wildman–Crippen MR) is 120 cm³/mol. The lowest BCUT2D eigenvalue weighted by Gasteiger charge is -2.25. The van der Waals surface area contributed by atoms with Gasteiger partial charge in [0.25, 0.3) is 5.91 Å². The van der Waals surface area contributed by atoms with E-state index in [1.165, 1.54) is 6.07 Å². The van der Waals surface area contributed by atoms with Crippen molar-refractivity contribution in [2.24, 2.45) is 4.99 Å². The van der Waals surface area contributed by atoms with Crippen molar-refractivity contribution in [3.63, 3.8) is 0 Å². The van der Waals surface area contributed by atoms with Gasteiger partial charge < -0.3 is 4.90 Å². The molecular formula is C24H30F3N3O2. The average Bonchev–Trinajstić information content (AvgIpc) is 2.72. The first kappa shape index (κ1) is 25.4. The summed E-state index contributed by atoms with van der Waals surface area (Å²) in [6.45, 7) is 9.89. The molecule has 8 heteroatoms. The topological polar surface area (TPSA) is 45.1 Å². The number of rotatable bonds is 8. The van der Waals surface area contributed by atoms with Gasteiger partial charge in [-0.05, 0) is 75.6 Å². The van der Waals surface area contributed by atoms with Crippen molar-refractivity contribution >= 4 is 17.9 Å². The second kappa shape index (κ2) is 10.6. The van der Waals surface area contributed by atoms with Gasteiger partial charge in [-0.1, -0.05) is 12.1 Å². The van der Waals surface area contributed by atoms with Crippen LogP contribution in [0.2, 0.25) is 0 Å². The number of aryl methyl sites for hydroxylation is 2. The number of aliphatic imine (C=N–C) groups is 1. The maximum Gasteiger partial charge on any atom is 0.416 e. The third-order valence-corrected chi connectivity index (χ3v) is 4.81. The minimum atomic E-state index is -4.46. The summed E-state index contributed by atoms with van der Waals surface area (Å²) in [5, 5.41) is 1.12. The summed E-state index contributed by atoms with van der Waals surface area (Å²) in [5.74, 6) is -0.419. The van der Waals surface area contributed by atoms with Crippen molar-refractivity contribution in [1.29, 1.82) is 0 Å². The van der Waals surface area contributed by atoms with E-state index in [-0.39, 0.29) is 12.6 Å². The van der Waals surface area contributed by atoms with Gasteiger partial charge in [0.05, 0.1) is 30.2 Å². The monoisotopic (exact) mass is 449 g/mol. The Balaban J connectivity index is 2.35. The predicted octanol–water partition coefficient (Wildman–Crippen LogP) is 5.92. The Kier molecular flexibility index (Phi) is 8.44. The molecule has 0 aliphatic carbocycles. The smallest absolute Gasteiger partial charge is 0.366 e. The quantitative estimate of drug-likeness (QED) is 0.286. The van der Waals surface area contributed by atoms with E-state index in [1.54, 1.807) is 39.2 Å². The Morgan fingerprint density at radius 1 is 1.16 bits per heavy atom. The minimum absolute atomic E-state index is 0.110. The third kappa shape index (κ3) is 6.82. The first-order valence-electron chi connectivity index (χ1n) is 10.4. The first-order valence-corrected chi connectivity index (χ1v) is 10.4. The lowest BCUT2D eigenvalue weighted by atomic mass is 10.0. The Hall–Kier alpha value is -2.87. The van der Waals surface area contributed by atoms with E-state index in [9.17, 15) is 18.0 Å². The van der Waals surface area contributed by atoms with Crippen LogP contribution < -0.4 is 0 Å². The average molecular weight is 450 g/mol. The van der Waals surface area contributed by atoms with Crippen molar-refractivity contribution in [1.82, 2.24) is 9.96 Å². The molecule has 0 aliphatic heterocycles. The fourth-order valence-corrected chi connectivity index (χ4v) is 2.97. The van der Waals surface area contributed by atoms with E-state index in [4.69, 9.17) is 4.84 Å². The van der Waals surface area contributed by atoms with Crippen LogP contribution in [-0.2, 0) is 17.6 Å². The molecule has 0 unspecified atom stereocenters. The molecule has 0 aromatic heterocycles. The van der Waals surface area contributed by atoms with Gasteiger partial charge in [0.15, 0.2) is 0 Å². The first-order chi connectivity index (χ1) is 14.9. The van der Waals surface area contributed by atoms with E-state index in [0.717, 1.165) is 35.0 Å². The number of benzene rings is 2. The molecule has 0 aliphatic rings. The molecule has 0 bridgehead atoms.